The van der Waals surface area contributed by atoms with Crippen molar-refractivity contribution in [3.05, 3.63) is 54.1 Å². The maximum Gasteiger partial charge on any atom is 0.254 e. The number of carbonyl (C=O) groups is 1. The number of halogens is 2. The van der Waals surface area contributed by atoms with Crippen molar-refractivity contribution in [2.24, 2.45) is 0 Å². The van der Waals surface area contributed by atoms with Gasteiger partial charge < -0.3 is 9.88 Å². The summed E-state index contributed by atoms with van der Waals surface area (Å²) < 4.78 is 27.9. The molecule has 0 unspecified atom stereocenters. The van der Waals surface area contributed by atoms with Crippen molar-refractivity contribution >= 4 is 5.91 Å². The molecule has 6 heteroatoms. The van der Waals surface area contributed by atoms with Gasteiger partial charge in [-0.15, -0.1) is 0 Å². The third kappa shape index (κ3) is 3.61. The molecule has 1 aromatic carbocycles. The summed E-state index contributed by atoms with van der Waals surface area (Å²) in [6.07, 6.45) is 5.88. The lowest BCUT2D eigenvalue weighted by atomic mass is 10.2. The van der Waals surface area contributed by atoms with E-state index in [-0.39, 0.29) is 5.56 Å². The van der Waals surface area contributed by atoms with Gasteiger partial charge in [-0.3, -0.25) is 4.79 Å². The average Bonchev–Trinajstić information content (AvgIpc) is 2.87. The summed E-state index contributed by atoms with van der Waals surface area (Å²) in [6.45, 7) is 1.13. The largest absolute Gasteiger partial charge is 0.352 e. The number of aryl methyl sites for hydroxylation is 1. The van der Waals surface area contributed by atoms with E-state index in [1.54, 1.807) is 12.5 Å². The first-order valence-corrected chi connectivity index (χ1v) is 5.86. The summed E-state index contributed by atoms with van der Waals surface area (Å²) in [5.41, 5.74) is -0.149. The van der Waals surface area contributed by atoms with Crippen LogP contribution in [0.15, 0.2) is 36.9 Å². The van der Waals surface area contributed by atoms with Crippen LogP contribution in [0.2, 0.25) is 0 Å². The lowest BCUT2D eigenvalue weighted by molar-refractivity contribution is 0.0948. The number of benzene rings is 1. The van der Waals surface area contributed by atoms with Gasteiger partial charge in [-0.2, -0.15) is 0 Å². The van der Waals surface area contributed by atoms with E-state index in [1.807, 2.05) is 10.8 Å². The van der Waals surface area contributed by atoms with E-state index >= 15 is 0 Å². The summed E-state index contributed by atoms with van der Waals surface area (Å²) in [7, 11) is 0. The van der Waals surface area contributed by atoms with Gasteiger partial charge >= 0.3 is 0 Å². The van der Waals surface area contributed by atoms with Gasteiger partial charge in [-0.25, -0.2) is 13.8 Å². The minimum atomic E-state index is -0.855. The first-order valence-electron chi connectivity index (χ1n) is 5.86. The van der Waals surface area contributed by atoms with E-state index in [4.69, 9.17) is 0 Å². The molecule has 1 heterocycles. The van der Waals surface area contributed by atoms with Crippen molar-refractivity contribution < 1.29 is 13.6 Å². The van der Waals surface area contributed by atoms with Crippen LogP contribution >= 0.6 is 0 Å². The van der Waals surface area contributed by atoms with E-state index in [9.17, 15) is 13.6 Å². The number of aromatic nitrogens is 2. The summed E-state index contributed by atoms with van der Waals surface area (Å²) in [5, 5.41) is 2.59. The summed E-state index contributed by atoms with van der Waals surface area (Å²) in [4.78, 5) is 15.5. The molecule has 1 aromatic heterocycles. The monoisotopic (exact) mass is 265 g/mol. The number of hydrogen-bond donors (Lipinski definition) is 1. The fraction of sp³-hybridized carbons (Fsp3) is 0.231. The summed E-state index contributed by atoms with van der Waals surface area (Å²) in [5.74, 6) is -2.09. The Morgan fingerprint density at radius 3 is 2.89 bits per heavy atom. The zero-order valence-electron chi connectivity index (χ0n) is 10.1. The normalized spacial score (nSPS) is 10.4. The quantitative estimate of drug-likeness (QED) is 0.840. The Balaban J connectivity index is 1.81. The van der Waals surface area contributed by atoms with Gasteiger partial charge in [0.1, 0.15) is 11.6 Å². The molecule has 2 aromatic rings. The highest BCUT2D eigenvalue weighted by Crippen LogP contribution is 2.09. The summed E-state index contributed by atoms with van der Waals surface area (Å²) >= 11 is 0. The smallest absolute Gasteiger partial charge is 0.254 e. The average molecular weight is 265 g/mol. The molecule has 0 saturated carbocycles. The van der Waals surface area contributed by atoms with E-state index < -0.39 is 17.5 Å². The molecule has 0 spiro atoms. The molecule has 0 saturated heterocycles. The number of carbonyl (C=O) groups excluding carboxylic acids is 1. The number of imidazole rings is 1. The fourth-order valence-electron chi connectivity index (χ4n) is 1.65. The van der Waals surface area contributed by atoms with Gasteiger partial charge in [-0.05, 0) is 18.6 Å². The molecular weight excluding hydrogens is 252 g/mol. The molecule has 0 aliphatic rings. The van der Waals surface area contributed by atoms with Gasteiger partial charge in [0.25, 0.3) is 5.91 Å². The Labute approximate surface area is 109 Å². The molecule has 0 bridgehead atoms. The topological polar surface area (TPSA) is 46.9 Å². The van der Waals surface area contributed by atoms with Crippen LogP contribution in [0.25, 0.3) is 0 Å². The Hall–Kier alpha value is -2.24. The van der Waals surface area contributed by atoms with E-state index in [2.05, 4.69) is 10.3 Å². The standard InChI is InChI=1S/C13H13F2N3O/c14-10-2-3-11(12(15)8-10)13(19)17-4-1-6-18-7-5-16-9-18/h2-3,5,7-9H,1,4,6H2,(H,17,19). The van der Waals surface area contributed by atoms with Crippen molar-refractivity contribution in [1.82, 2.24) is 14.9 Å². The molecule has 0 aliphatic carbocycles. The molecule has 2 rings (SSSR count). The van der Waals surface area contributed by atoms with Gasteiger partial charge in [0.2, 0.25) is 0 Å². The number of nitrogens with zero attached hydrogens (tertiary/aromatic N) is 2. The van der Waals surface area contributed by atoms with E-state index in [0.717, 1.165) is 12.1 Å². The molecule has 0 fully saturated rings. The highest BCUT2D eigenvalue weighted by Gasteiger charge is 2.11. The molecule has 0 aliphatic heterocycles. The van der Waals surface area contributed by atoms with E-state index in [1.165, 1.54) is 0 Å². The van der Waals surface area contributed by atoms with Crippen LogP contribution < -0.4 is 5.32 Å². The number of amides is 1. The fourth-order valence-corrected chi connectivity index (χ4v) is 1.65. The van der Waals surface area contributed by atoms with Crippen molar-refractivity contribution in [3.8, 4) is 0 Å². The van der Waals surface area contributed by atoms with Crippen molar-refractivity contribution in [2.75, 3.05) is 6.54 Å². The predicted molar refractivity (Wildman–Crippen MR) is 65.5 cm³/mol. The van der Waals surface area contributed by atoms with Crippen molar-refractivity contribution in [1.29, 1.82) is 0 Å². The van der Waals surface area contributed by atoms with Gasteiger partial charge in [0.05, 0.1) is 11.9 Å². The molecule has 1 amide bonds. The van der Waals surface area contributed by atoms with Gasteiger partial charge in [0.15, 0.2) is 0 Å². The van der Waals surface area contributed by atoms with Crippen LogP contribution in [0.5, 0.6) is 0 Å². The second kappa shape index (κ2) is 6.08. The highest BCUT2D eigenvalue weighted by atomic mass is 19.1. The minimum Gasteiger partial charge on any atom is -0.352 e. The van der Waals surface area contributed by atoms with Gasteiger partial charge in [0, 0.05) is 31.5 Å². The Kier molecular flexibility index (Phi) is 4.22. The second-order valence-corrected chi connectivity index (χ2v) is 4.03. The minimum absolute atomic E-state index is 0.149. The SMILES string of the molecule is O=C(NCCCn1ccnc1)c1ccc(F)cc1F. The molecule has 0 radical (unpaired) electrons. The van der Waals surface area contributed by atoms with Crippen LogP contribution in [-0.4, -0.2) is 22.0 Å². The second-order valence-electron chi connectivity index (χ2n) is 4.03. The predicted octanol–water partition coefficient (Wildman–Crippen LogP) is 1.98. The Morgan fingerprint density at radius 1 is 1.37 bits per heavy atom. The van der Waals surface area contributed by atoms with Crippen LogP contribution in [0.4, 0.5) is 8.78 Å². The van der Waals surface area contributed by atoms with Crippen LogP contribution in [0.1, 0.15) is 16.8 Å². The van der Waals surface area contributed by atoms with Crippen LogP contribution in [-0.2, 0) is 6.54 Å². The lowest BCUT2D eigenvalue weighted by Crippen LogP contribution is -2.26. The van der Waals surface area contributed by atoms with E-state index in [0.29, 0.717) is 25.6 Å². The molecule has 19 heavy (non-hydrogen) atoms. The molecule has 4 nitrogen and oxygen atoms in total. The number of nitrogens with one attached hydrogen (secondary N) is 1. The van der Waals surface area contributed by atoms with Crippen LogP contribution in [0.3, 0.4) is 0 Å². The zero-order chi connectivity index (χ0) is 13.7. The molecular formula is C13H13F2N3O. The first-order chi connectivity index (χ1) is 9.16. The maximum atomic E-state index is 13.3. The lowest BCUT2D eigenvalue weighted by Gasteiger charge is -2.06. The Bertz CT molecular complexity index is 555. The highest BCUT2D eigenvalue weighted by molar-refractivity contribution is 5.94. The summed E-state index contributed by atoms with van der Waals surface area (Å²) in [6, 6.07) is 2.89. The molecule has 0 atom stereocenters. The van der Waals surface area contributed by atoms with Crippen molar-refractivity contribution in [2.45, 2.75) is 13.0 Å². The van der Waals surface area contributed by atoms with Crippen LogP contribution in [0, 0.1) is 11.6 Å². The maximum absolute atomic E-state index is 13.3. The molecule has 1 N–H and O–H groups in total. The number of hydrogen-bond acceptors (Lipinski definition) is 2. The zero-order valence-corrected chi connectivity index (χ0v) is 10.1. The molecule has 100 valence electrons. The van der Waals surface area contributed by atoms with Crippen molar-refractivity contribution in [3.63, 3.8) is 0 Å². The number of rotatable bonds is 5. The Morgan fingerprint density at radius 2 is 2.21 bits per heavy atom. The first kappa shape index (κ1) is 13.2. The third-order valence-corrected chi connectivity index (χ3v) is 2.61. The third-order valence-electron chi connectivity index (χ3n) is 2.61. The van der Waals surface area contributed by atoms with Gasteiger partial charge in [-0.1, -0.05) is 0 Å².